The van der Waals surface area contributed by atoms with Gasteiger partial charge in [-0.2, -0.15) is 5.06 Å². The fourth-order valence-electron chi connectivity index (χ4n) is 2.24. The highest BCUT2D eigenvalue weighted by Gasteiger charge is 2.47. The summed E-state index contributed by atoms with van der Waals surface area (Å²) in [5, 5.41) is 14.2. The lowest BCUT2D eigenvalue weighted by atomic mass is 10.1. The zero-order chi connectivity index (χ0) is 16.7. The van der Waals surface area contributed by atoms with Crippen molar-refractivity contribution in [2.45, 2.75) is 24.8 Å². The summed E-state index contributed by atoms with van der Waals surface area (Å²) < 4.78 is 0.187. The first-order valence-corrected chi connectivity index (χ1v) is 8.31. The van der Waals surface area contributed by atoms with E-state index in [0.717, 1.165) is 0 Å². The van der Waals surface area contributed by atoms with Crippen molar-refractivity contribution in [1.82, 2.24) is 9.96 Å². The lowest BCUT2D eigenvalue weighted by molar-refractivity contribution is -0.110. The van der Waals surface area contributed by atoms with Crippen LogP contribution in [0.15, 0.2) is 18.2 Å². The molecule has 9 heteroatoms. The number of hydrogen-bond acceptors (Lipinski definition) is 4. The fourth-order valence-corrected chi connectivity index (χ4v) is 4.34. The van der Waals surface area contributed by atoms with Crippen LogP contribution in [-0.2, 0) is 0 Å². The van der Waals surface area contributed by atoms with E-state index >= 15 is 0 Å². The average molecular weight is 380 g/mol. The number of nitrogens with zero attached hydrogens (tertiary/aromatic N) is 2. The van der Waals surface area contributed by atoms with Gasteiger partial charge in [0.05, 0.1) is 14.8 Å². The van der Waals surface area contributed by atoms with Crippen molar-refractivity contribution < 1.29 is 10.0 Å². The Morgan fingerprint density at radius 1 is 1.45 bits per heavy atom. The SMILES string of the molecule is CN1C(=S)SC(C)(C)[C@H]1N(O)C(=O)Nc1ccc(Cl)c(Cl)c1. The number of thioether (sulfide) groups is 1. The molecule has 0 aliphatic carbocycles. The summed E-state index contributed by atoms with van der Waals surface area (Å²) in [6.07, 6.45) is -0.576. The third kappa shape index (κ3) is 3.44. The summed E-state index contributed by atoms with van der Waals surface area (Å²) in [5.74, 6) is 0. The Hall–Kier alpha value is -0.730. The van der Waals surface area contributed by atoms with Gasteiger partial charge < -0.3 is 10.2 Å². The molecule has 22 heavy (non-hydrogen) atoms. The molecular weight excluding hydrogens is 365 g/mol. The number of urea groups is 1. The van der Waals surface area contributed by atoms with Crippen LogP contribution in [0.5, 0.6) is 0 Å². The predicted octanol–water partition coefficient (Wildman–Crippen LogP) is 4.28. The number of hydroxylamine groups is 2. The summed E-state index contributed by atoms with van der Waals surface area (Å²) in [7, 11) is 1.74. The van der Waals surface area contributed by atoms with Crippen LogP contribution in [0.2, 0.25) is 10.0 Å². The van der Waals surface area contributed by atoms with Gasteiger partial charge in [-0.3, -0.25) is 5.21 Å². The molecule has 1 fully saturated rings. The Kier molecular flexibility index (Phi) is 5.13. The molecule has 5 nitrogen and oxygen atoms in total. The van der Waals surface area contributed by atoms with Crippen LogP contribution in [0.4, 0.5) is 10.5 Å². The van der Waals surface area contributed by atoms with E-state index < -0.39 is 16.9 Å². The van der Waals surface area contributed by atoms with E-state index in [1.807, 2.05) is 13.8 Å². The van der Waals surface area contributed by atoms with E-state index in [-0.39, 0.29) is 0 Å². The van der Waals surface area contributed by atoms with Crippen molar-refractivity contribution >= 4 is 63.2 Å². The first-order chi connectivity index (χ1) is 10.1. The third-order valence-corrected chi connectivity index (χ3v) is 5.71. The summed E-state index contributed by atoms with van der Waals surface area (Å²) in [6, 6.07) is 4.01. The van der Waals surface area contributed by atoms with Gasteiger partial charge in [0, 0.05) is 12.7 Å². The highest BCUT2D eigenvalue weighted by Crippen LogP contribution is 2.41. The Morgan fingerprint density at radius 2 is 2.09 bits per heavy atom. The number of thiocarbonyl (C=S) groups is 1. The molecule has 1 aliphatic rings. The van der Waals surface area contributed by atoms with Gasteiger partial charge in [-0.05, 0) is 32.0 Å². The highest BCUT2D eigenvalue weighted by atomic mass is 35.5. The highest BCUT2D eigenvalue weighted by molar-refractivity contribution is 8.24. The van der Waals surface area contributed by atoms with Gasteiger partial charge in [0.2, 0.25) is 0 Å². The molecule has 1 aromatic carbocycles. The number of halogens is 2. The van der Waals surface area contributed by atoms with Crippen molar-refractivity contribution in [3.8, 4) is 0 Å². The molecule has 0 saturated carbocycles. The Labute approximate surface area is 148 Å². The van der Waals surface area contributed by atoms with Gasteiger partial charge in [-0.1, -0.05) is 47.2 Å². The molecule has 0 aromatic heterocycles. The molecule has 2 amide bonds. The smallest absolute Gasteiger partial charge is 0.337 e. The van der Waals surface area contributed by atoms with Gasteiger partial charge in [0.15, 0.2) is 0 Å². The second-order valence-corrected chi connectivity index (χ2v) is 8.46. The fraction of sp³-hybridized carbons (Fsp3) is 0.385. The Morgan fingerprint density at radius 3 is 2.59 bits per heavy atom. The summed E-state index contributed by atoms with van der Waals surface area (Å²) >= 11 is 18.4. The molecule has 1 saturated heterocycles. The Balaban J connectivity index is 2.15. The van der Waals surface area contributed by atoms with Crippen molar-refractivity contribution in [3.63, 3.8) is 0 Å². The van der Waals surface area contributed by atoms with E-state index in [0.29, 0.717) is 25.1 Å². The predicted molar refractivity (Wildman–Crippen MR) is 94.9 cm³/mol. The topological polar surface area (TPSA) is 55.8 Å². The van der Waals surface area contributed by atoms with E-state index in [1.165, 1.54) is 17.8 Å². The first-order valence-electron chi connectivity index (χ1n) is 6.33. The number of hydrogen-bond donors (Lipinski definition) is 2. The van der Waals surface area contributed by atoms with Crippen molar-refractivity contribution in [3.05, 3.63) is 28.2 Å². The van der Waals surface area contributed by atoms with Crippen LogP contribution >= 0.6 is 47.2 Å². The molecule has 2 N–H and O–H groups in total. The quantitative estimate of drug-likeness (QED) is 0.456. The van der Waals surface area contributed by atoms with Crippen LogP contribution in [0.3, 0.4) is 0 Å². The van der Waals surface area contributed by atoms with Crippen LogP contribution in [0.1, 0.15) is 13.8 Å². The van der Waals surface area contributed by atoms with Gasteiger partial charge in [0.25, 0.3) is 0 Å². The first kappa shape index (κ1) is 17.6. The number of nitrogens with one attached hydrogen (secondary N) is 1. The second-order valence-electron chi connectivity index (χ2n) is 5.36. The van der Waals surface area contributed by atoms with E-state index in [4.69, 9.17) is 35.4 Å². The molecule has 1 aliphatic heterocycles. The van der Waals surface area contributed by atoms with E-state index in [9.17, 15) is 10.0 Å². The largest absolute Gasteiger partial charge is 0.347 e. The molecule has 0 unspecified atom stereocenters. The number of carbonyl (C=O) groups is 1. The standard InChI is InChI=1S/C13H15Cl2N3O2S2/c1-13(2)10(17(3)12(21)22-13)18(20)11(19)16-7-4-5-8(14)9(15)6-7/h4-6,10,20H,1-3H3,(H,16,19)/t10-/m1/s1. The van der Waals surface area contributed by atoms with E-state index in [2.05, 4.69) is 5.32 Å². The minimum Gasteiger partial charge on any atom is -0.337 e. The van der Waals surface area contributed by atoms with Crippen LogP contribution in [0, 0.1) is 0 Å². The maximum Gasteiger partial charge on any atom is 0.347 e. The van der Waals surface area contributed by atoms with Gasteiger partial charge in [-0.15, -0.1) is 0 Å². The molecule has 120 valence electrons. The number of carbonyl (C=O) groups excluding carboxylic acids is 1. The number of benzene rings is 1. The average Bonchev–Trinajstić information content (AvgIpc) is 2.61. The molecule has 1 heterocycles. The minimum atomic E-state index is -0.673. The maximum atomic E-state index is 12.2. The second kappa shape index (κ2) is 6.41. The van der Waals surface area contributed by atoms with E-state index in [1.54, 1.807) is 24.1 Å². The van der Waals surface area contributed by atoms with Gasteiger partial charge in [-0.25, -0.2) is 4.79 Å². The molecule has 1 atom stereocenters. The normalized spacial score (nSPS) is 20.2. The lowest BCUT2D eigenvalue weighted by Gasteiger charge is -2.35. The maximum absolute atomic E-state index is 12.2. The van der Waals surface area contributed by atoms with Crippen molar-refractivity contribution in [1.29, 1.82) is 0 Å². The van der Waals surface area contributed by atoms with Crippen LogP contribution in [-0.4, -0.2) is 43.5 Å². The summed E-state index contributed by atoms with van der Waals surface area (Å²) in [4.78, 5) is 13.9. The van der Waals surface area contributed by atoms with Gasteiger partial charge >= 0.3 is 6.03 Å². The zero-order valence-corrected chi connectivity index (χ0v) is 15.3. The zero-order valence-electron chi connectivity index (χ0n) is 12.1. The summed E-state index contributed by atoms with van der Waals surface area (Å²) in [5.41, 5.74) is 0.437. The van der Waals surface area contributed by atoms with Crippen molar-refractivity contribution in [2.24, 2.45) is 0 Å². The van der Waals surface area contributed by atoms with Gasteiger partial charge in [0.1, 0.15) is 10.5 Å². The Bertz CT molecular complexity index is 627. The monoisotopic (exact) mass is 379 g/mol. The number of amides is 2. The number of anilines is 1. The number of rotatable bonds is 2. The molecule has 1 aromatic rings. The molecule has 0 bridgehead atoms. The minimum absolute atomic E-state index is 0.319. The lowest BCUT2D eigenvalue weighted by Crippen LogP contribution is -2.54. The molecule has 2 rings (SSSR count). The molecular formula is C13H15Cl2N3O2S2. The van der Waals surface area contributed by atoms with Crippen LogP contribution in [0.25, 0.3) is 0 Å². The van der Waals surface area contributed by atoms with Crippen LogP contribution < -0.4 is 5.32 Å². The van der Waals surface area contributed by atoms with Crippen molar-refractivity contribution in [2.75, 3.05) is 12.4 Å². The summed E-state index contributed by atoms with van der Waals surface area (Å²) in [6.45, 7) is 3.82. The molecule has 0 spiro atoms. The third-order valence-electron chi connectivity index (χ3n) is 3.24. The molecule has 0 radical (unpaired) electrons.